The average molecular weight is 224 g/mol. The lowest BCUT2D eigenvalue weighted by Gasteiger charge is -2.03. The normalized spacial score (nSPS) is 11.4. The molecule has 0 bridgehead atoms. The maximum atomic E-state index is 10.1. The topological polar surface area (TPSA) is 17.1 Å². The summed E-state index contributed by atoms with van der Waals surface area (Å²) in [6.07, 6.45) is 16.3. The average Bonchev–Trinajstić information content (AvgIpc) is 2.25. The van der Waals surface area contributed by atoms with Gasteiger partial charge in [0.2, 0.25) is 0 Å². The Balaban J connectivity index is 3.03. The molecule has 0 aromatic carbocycles. The van der Waals surface area contributed by atoms with Gasteiger partial charge in [-0.1, -0.05) is 58.1 Å². The van der Waals surface area contributed by atoms with Gasteiger partial charge in [-0.15, -0.1) is 0 Å². The predicted molar refractivity (Wildman–Crippen MR) is 71.6 cm³/mol. The first-order valence-electron chi connectivity index (χ1n) is 6.86. The summed E-state index contributed by atoms with van der Waals surface area (Å²) in [6.45, 7) is 4.59. The van der Waals surface area contributed by atoms with Crippen molar-refractivity contribution < 1.29 is 4.79 Å². The Morgan fingerprint density at radius 1 is 0.812 bits per heavy atom. The van der Waals surface area contributed by atoms with Crippen LogP contribution in [0.4, 0.5) is 0 Å². The summed E-state index contributed by atoms with van der Waals surface area (Å²) in [5, 5.41) is 0. The Bertz CT molecular complexity index is 170. The molecule has 1 nitrogen and oxygen atoms in total. The zero-order valence-corrected chi connectivity index (χ0v) is 11.1. The van der Waals surface area contributed by atoms with Crippen molar-refractivity contribution in [3.05, 3.63) is 12.2 Å². The molecule has 1 heteroatoms. The number of hydrogen-bond acceptors (Lipinski definition) is 1. The SMILES string of the molecule is CC(C)CCCCCCCC=CCCC=O. The van der Waals surface area contributed by atoms with Crippen molar-refractivity contribution in [2.45, 2.75) is 71.6 Å². The fourth-order valence-corrected chi connectivity index (χ4v) is 1.75. The van der Waals surface area contributed by atoms with Crippen LogP contribution in [0, 0.1) is 5.92 Å². The molecule has 0 unspecified atom stereocenters. The minimum atomic E-state index is 0.672. The van der Waals surface area contributed by atoms with E-state index in [1.165, 1.54) is 44.9 Å². The molecule has 0 aliphatic rings. The third-order valence-electron chi connectivity index (χ3n) is 2.77. The number of carbonyl (C=O) groups excluding carboxylic acids is 1. The van der Waals surface area contributed by atoms with Crippen molar-refractivity contribution in [1.82, 2.24) is 0 Å². The van der Waals surface area contributed by atoms with Crippen molar-refractivity contribution in [2.75, 3.05) is 0 Å². The van der Waals surface area contributed by atoms with Crippen LogP contribution in [0.5, 0.6) is 0 Å². The maximum Gasteiger partial charge on any atom is 0.120 e. The van der Waals surface area contributed by atoms with E-state index in [0.717, 1.165) is 18.6 Å². The molecule has 0 aliphatic heterocycles. The number of carbonyl (C=O) groups is 1. The number of hydrogen-bond donors (Lipinski definition) is 0. The van der Waals surface area contributed by atoms with Gasteiger partial charge in [0.1, 0.15) is 6.29 Å². The number of aldehydes is 1. The lowest BCUT2D eigenvalue weighted by atomic mass is 10.0. The van der Waals surface area contributed by atoms with E-state index in [-0.39, 0.29) is 0 Å². The fraction of sp³-hybridized carbons (Fsp3) is 0.800. The van der Waals surface area contributed by atoms with Gasteiger partial charge in [0.05, 0.1) is 0 Å². The molecule has 0 rings (SSSR count). The molecular formula is C15H28O. The Hall–Kier alpha value is -0.590. The molecule has 0 spiro atoms. The Morgan fingerprint density at radius 2 is 1.44 bits per heavy atom. The zero-order valence-electron chi connectivity index (χ0n) is 11.1. The highest BCUT2D eigenvalue weighted by Gasteiger charge is 1.93. The fourth-order valence-electron chi connectivity index (χ4n) is 1.75. The lowest BCUT2D eigenvalue weighted by molar-refractivity contribution is -0.107. The Labute approximate surface area is 101 Å². The van der Waals surface area contributed by atoms with Crippen molar-refractivity contribution >= 4 is 6.29 Å². The molecule has 0 aliphatic carbocycles. The number of rotatable bonds is 11. The van der Waals surface area contributed by atoms with Crippen LogP contribution in [0.3, 0.4) is 0 Å². The summed E-state index contributed by atoms with van der Waals surface area (Å²) in [7, 11) is 0. The van der Waals surface area contributed by atoms with Gasteiger partial charge in [0.25, 0.3) is 0 Å². The smallest absolute Gasteiger partial charge is 0.120 e. The van der Waals surface area contributed by atoms with Crippen LogP contribution in [0.15, 0.2) is 12.2 Å². The molecule has 0 saturated carbocycles. The molecule has 94 valence electrons. The standard InChI is InChI=1S/C15H28O/c1-15(2)13-11-9-7-5-3-4-6-8-10-12-14-16/h6,8,14-15H,3-5,7,9-13H2,1-2H3. The highest BCUT2D eigenvalue weighted by Crippen LogP contribution is 2.11. The lowest BCUT2D eigenvalue weighted by Crippen LogP contribution is -1.86. The van der Waals surface area contributed by atoms with Gasteiger partial charge < -0.3 is 4.79 Å². The van der Waals surface area contributed by atoms with Gasteiger partial charge in [-0.3, -0.25) is 0 Å². The van der Waals surface area contributed by atoms with Crippen LogP contribution >= 0.6 is 0 Å². The van der Waals surface area contributed by atoms with Crippen LogP contribution in [-0.2, 0) is 4.79 Å². The van der Waals surface area contributed by atoms with Gasteiger partial charge >= 0.3 is 0 Å². The van der Waals surface area contributed by atoms with Crippen molar-refractivity contribution in [2.24, 2.45) is 5.92 Å². The Kier molecular flexibility index (Phi) is 12.0. The van der Waals surface area contributed by atoms with Crippen LogP contribution in [0.1, 0.15) is 71.6 Å². The summed E-state index contributed by atoms with van der Waals surface area (Å²) in [6, 6.07) is 0. The third kappa shape index (κ3) is 13.4. The Morgan fingerprint density at radius 3 is 2.12 bits per heavy atom. The van der Waals surface area contributed by atoms with E-state index in [1.807, 2.05) is 0 Å². The molecule has 0 amide bonds. The van der Waals surface area contributed by atoms with Crippen LogP contribution in [0.2, 0.25) is 0 Å². The second-order valence-corrected chi connectivity index (χ2v) is 4.95. The molecule has 0 N–H and O–H groups in total. The molecule has 0 fully saturated rings. The highest BCUT2D eigenvalue weighted by molar-refractivity contribution is 5.49. The third-order valence-corrected chi connectivity index (χ3v) is 2.77. The largest absolute Gasteiger partial charge is 0.303 e. The second-order valence-electron chi connectivity index (χ2n) is 4.95. The molecule has 0 aromatic rings. The first-order valence-corrected chi connectivity index (χ1v) is 6.86. The molecule has 0 aromatic heterocycles. The number of unbranched alkanes of at least 4 members (excludes halogenated alkanes) is 6. The monoisotopic (exact) mass is 224 g/mol. The van der Waals surface area contributed by atoms with E-state index < -0.39 is 0 Å². The van der Waals surface area contributed by atoms with E-state index in [2.05, 4.69) is 26.0 Å². The van der Waals surface area contributed by atoms with Crippen molar-refractivity contribution in [1.29, 1.82) is 0 Å². The zero-order chi connectivity index (χ0) is 12.1. The molecule has 0 radical (unpaired) electrons. The van der Waals surface area contributed by atoms with Gasteiger partial charge in [-0.2, -0.15) is 0 Å². The summed E-state index contributed by atoms with van der Waals surface area (Å²) < 4.78 is 0. The minimum Gasteiger partial charge on any atom is -0.303 e. The quantitative estimate of drug-likeness (QED) is 0.277. The van der Waals surface area contributed by atoms with Gasteiger partial charge in [0, 0.05) is 6.42 Å². The molecule has 0 atom stereocenters. The van der Waals surface area contributed by atoms with E-state index in [0.29, 0.717) is 6.42 Å². The highest BCUT2D eigenvalue weighted by atomic mass is 16.1. The van der Waals surface area contributed by atoms with E-state index in [1.54, 1.807) is 0 Å². The van der Waals surface area contributed by atoms with E-state index in [9.17, 15) is 4.79 Å². The number of allylic oxidation sites excluding steroid dienone is 2. The maximum absolute atomic E-state index is 10.1. The van der Waals surface area contributed by atoms with E-state index >= 15 is 0 Å². The molecule has 0 saturated heterocycles. The summed E-state index contributed by atoms with van der Waals surface area (Å²) in [5.41, 5.74) is 0. The van der Waals surface area contributed by atoms with Gasteiger partial charge in [0.15, 0.2) is 0 Å². The first-order chi connectivity index (χ1) is 7.77. The van der Waals surface area contributed by atoms with Gasteiger partial charge in [-0.25, -0.2) is 0 Å². The summed E-state index contributed by atoms with van der Waals surface area (Å²) >= 11 is 0. The van der Waals surface area contributed by atoms with Gasteiger partial charge in [-0.05, 0) is 25.2 Å². The van der Waals surface area contributed by atoms with Crippen LogP contribution in [-0.4, -0.2) is 6.29 Å². The van der Waals surface area contributed by atoms with Crippen molar-refractivity contribution in [3.63, 3.8) is 0 Å². The summed E-state index contributed by atoms with van der Waals surface area (Å²) in [4.78, 5) is 10.1. The second kappa shape index (κ2) is 12.5. The molecule has 0 heterocycles. The first kappa shape index (κ1) is 15.4. The molecule has 16 heavy (non-hydrogen) atoms. The van der Waals surface area contributed by atoms with Crippen LogP contribution < -0.4 is 0 Å². The van der Waals surface area contributed by atoms with E-state index in [4.69, 9.17) is 0 Å². The minimum absolute atomic E-state index is 0.672. The summed E-state index contributed by atoms with van der Waals surface area (Å²) in [5.74, 6) is 0.862. The van der Waals surface area contributed by atoms with Crippen molar-refractivity contribution in [3.8, 4) is 0 Å². The van der Waals surface area contributed by atoms with Crippen LogP contribution in [0.25, 0.3) is 0 Å². The predicted octanol–water partition coefficient (Wildman–Crippen LogP) is 4.91. The molecular weight excluding hydrogens is 196 g/mol.